The van der Waals surface area contributed by atoms with Crippen molar-refractivity contribution in [3.8, 4) is 0 Å². The molecule has 1 aromatic carbocycles. The molecule has 1 unspecified atom stereocenters. The molecule has 3 nitrogen and oxygen atoms in total. The number of alkyl halides is 1. The van der Waals surface area contributed by atoms with E-state index in [2.05, 4.69) is 25.9 Å². The van der Waals surface area contributed by atoms with Gasteiger partial charge in [0.1, 0.15) is 17.2 Å². The Labute approximate surface area is 134 Å². The molecule has 2 heterocycles. The molecule has 0 aliphatic heterocycles. The number of nitrogens with zero attached hydrogens (tertiary/aromatic N) is 3. The summed E-state index contributed by atoms with van der Waals surface area (Å²) in [6, 6.07) is 8.35. The van der Waals surface area contributed by atoms with Crippen LogP contribution < -0.4 is 0 Å². The molecule has 1 atom stereocenters. The fourth-order valence-electron chi connectivity index (χ4n) is 2.46. The zero-order valence-electron chi connectivity index (χ0n) is 11.2. The molecule has 0 N–H and O–H groups in total. The highest BCUT2D eigenvalue weighted by Gasteiger charge is 2.20. The van der Waals surface area contributed by atoms with Gasteiger partial charge in [-0.25, -0.2) is 14.4 Å². The van der Waals surface area contributed by atoms with Crippen LogP contribution in [0.4, 0.5) is 4.39 Å². The Balaban J connectivity index is 2.21. The van der Waals surface area contributed by atoms with Crippen molar-refractivity contribution in [1.29, 1.82) is 0 Å². The summed E-state index contributed by atoms with van der Waals surface area (Å²) in [5, 5.41) is 0. The van der Waals surface area contributed by atoms with Gasteiger partial charge in [-0.1, -0.05) is 18.2 Å². The second-order valence-electron chi connectivity index (χ2n) is 4.73. The topological polar surface area (TPSA) is 30.7 Å². The molecule has 3 rings (SSSR count). The van der Waals surface area contributed by atoms with E-state index in [9.17, 15) is 4.39 Å². The van der Waals surface area contributed by atoms with Crippen molar-refractivity contribution in [1.82, 2.24) is 14.5 Å². The molecule has 21 heavy (non-hydrogen) atoms. The van der Waals surface area contributed by atoms with Gasteiger partial charge in [0.25, 0.3) is 0 Å². The third kappa shape index (κ3) is 2.56. The van der Waals surface area contributed by atoms with Gasteiger partial charge >= 0.3 is 0 Å². The highest BCUT2D eigenvalue weighted by atomic mass is 79.9. The lowest BCUT2D eigenvalue weighted by Gasteiger charge is -2.17. The van der Waals surface area contributed by atoms with E-state index in [0.717, 1.165) is 9.99 Å². The van der Waals surface area contributed by atoms with Crippen LogP contribution in [0.25, 0.3) is 11.2 Å². The zero-order chi connectivity index (χ0) is 15.0. The lowest BCUT2D eigenvalue weighted by atomic mass is 10.1. The van der Waals surface area contributed by atoms with E-state index in [1.54, 1.807) is 18.3 Å². The number of hydrogen-bond acceptors (Lipinski definition) is 2. The summed E-state index contributed by atoms with van der Waals surface area (Å²) in [5.74, 6) is 0.671. The second kappa shape index (κ2) is 5.73. The van der Waals surface area contributed by atoms with Gasteiger partial charge in [0.05, 0.1) is 11.9 Å². The molecule has 108 valence electrons. The first-order valence-electron chi connectivity index (χ1n) is 6.44. The molecule has 3 aromatic rings. The van der Waals surface area contributed by atoms with Crippen LogP contribution in [0.15, 0.2) is 41.0 Å². The fraction of sp³-hybridized carbons (Fsp3) is 0.200. The highest BCUT2D eigenvalue weighted by Crippen LogP contribution is 2.28. The average molecular weight is 369 g/mol. The smallest absolute Gasteiger partial charge is 0.160 e. The molecule has 0 radical (unpaired) electrons. The molecule has 0 saturated carbocycles. The number of halogens is 3. The number of benzene rings is 1. The van der Waals surface area contributed by atoms with Gasteiger partial charge in [0.2, 0.25) is 0 Å². The van der Waals surface area contributed by atoms with Crippen LogP contribution in [0, 0.1) is 5.82 Å². The SMILES string of the molecule is CC(c1ccccc1F)n1c(CCl)nc2cc(Br)cnc21. The van der Waals surface area contributed by atoms with E-state index < -0.39 is 0 Å². The number of rotatable bonds is 3. The van der Waals surface area contributed by atoms with E-state index in [1.165, 1.54) is 6.07 Å². The quantitative estimate of drug-likeness (QED) is 0.628. The minimum absolute atomic E-state index is 0.237. The average Bonchev–Trinajstić information content (AvgIpc) is 2.84. The highest BCUT2D eigenvalue weighted by molar-refractivity contribution is 9.10. The first-order valence-corrected chi connectivity index (χ1v) is 7.77. The maximum Gasteiger partial charge on any atom is 0.160 e. The predicted molar refractivity (Wildman–Crippen MR) is 85.0 cm³/mol. The molecule has 0 fully saturated rings. The molecule has 0 saturated heterocycles. The zero-order valence-corrected chi connectivity index (χ0v) is 13.6. The molecule has 0 aliphatic carbocycles. The third-order valence-electron chi connectivity index (χ3n) is 3.43. The van der Waals surface area contributed by atoms with Gasteiger partial charge in [0.15, 0.2) is 5.65 Å². The summed E-state index contributed by atoms with van der Waals surface area (Å²) in [4.78, 5) is 8.88. The fourth-order valence-corrected chi connectivity index (χ4v) is 2.97. The van der Waals surface area contributed by atoms with Crippen molar-refractivity contribution in [2.24, 2.45) is 0 Å². The Kier molecular flexibility index (Phi) is 3.95. The van der Waals surface area contributed by atoms with E-state index >= 15 is 0 Å². The van der Waals surface area contributed by atoms with Crippen molar-refractivity contribution >= 4 is 38.7 Å². The number of hydrogen-bond donors (Lipinski definition) is 0. The Bertz CT molecular complexity index is 803. The Morgan fingerprint density at radius 1 is 1.38 bits per heavy atom. The van der Waals surface area contributed by atoms with Crippen molar-refractivity contribution in [3.63, 3.8) is 0 Å². The summed E-state index contributed by atoms with van der Waals surface area (Å²) in [5.41, 5.74) is 2.03. The van der Waals surface area contributed by atoms with Crippen LogP contribution in [0.2, 0.25) is 0 Å². The van der Waals surface area contributed by atoms with Gasteiger partial charge in [-0.2, -0.15) is 0 Å². The van der Waals surface area contributed by atoms with Crippen LogP contribution >= 0.6 is 27.5 Å². The molecule has 6 heteroatoms. The predicted octanol–water partition coefficient (Wildman–Crippen LogP) is 4.68. The van der Waals surface area contributed by atoms with E-state index in [-0.39, 0.29) is 17.7 Å². The molecule has 0 amide bonds. The normalized spacial score (nSPS) is 12.8. The molecule has 0 spiro atoms. The van der Waals surface area contributed by atoms with Crippen molar-refractivity contribution in [3.05, 3.63) is 58.2 Å². The number of pyridine rings is 1. The molecule has 0 aliphatic rings. The maximum absolute atomic E-state index is 14.0. The molecular weight excluding hydrogens is 357 g/mol. The molecular formula is C15H12BrClFN3. The monoisotopic (exact) mass is 367 g/mol. The first-order chi connectivity index (χ1) is 10.1. The maximum atomic E-state index is 14.0. The van der Waals surface area contributed by atoms with Crippen molar-refractivity contribution < 1.29 is 4.39 Å². The minimum Gasteiger partial charge on any atom is -0.304 e. The van der Waals surface area contributed by atoms with Crippen molar-refractivity contribution in [2.45, 2.75) is 18.8 Å². The Morgan fingerprint density at radius 3 is 2.86 bits per heavy atom. The number of imidazole rings is 1. The van der Waals surface area contributed by atoms with Crippen LogP contribution in [-0.4, -0.2) is 14.5 Å². The van der Waals surface area contributed by atoms with Gasteiger partial charge in [0, 0.05) is 16.2 Å². The van der Waals surface area contributed by atoms with Crippen LogP contribution in [-0.2, 0) is 5.88 Å². The van der Waals surface area contributed by atoms with Gasteiger partial charge in [-0.3, -0.25) is 0 Å². The van der Waals surface area contributed by atoms with Crippen LogP contribution in [0.1, 0.15) is 24.4 Å². The standard InChI is InChI=1S/C15H12BrClFN3/c1-9(11-4-2-3-5-12(11)18)21-14(7-17)20-13-6-10(16)8-19-15(13)21/h2-6,8-9H,7H2,1H3. The Morgan fingerprint density at radius 2 is 2.14 bits per heavy atom. The summed E-state index contributed by atoms with van der Waals surface area (Å²) < 4.78 is 16.8. The summed E-state index contributed by atoms with van der Waals surface area (Å²) in [6.07, 6.45) is 1.70. The lowest BCUT2D eigenvalue weighted by Crippen LogP contribution is -2.12. The van der Waals surface area contributed by atoms with Gasteiger partial charge < -0.3 is 4.57 Å². The minimum atomic E-state index is -0.246. The first kappa shape index (κ1) is 14.5. The largest absolute Gasteiger partial charge is 0.304 e. The van der Waals surface area contributed by atoms with Crippen molar-refractivity contribution in [2.75, 3.05) is 0 Å². The van der Waals surface area contributed by atoms with E-state index in [0.29, 0.717) is 17.0 Å². The summed E-state index contributed by atoms with van der Waals surface area (Å²) in [6.45, 7) is 1.92. The summed E-state index contributed by atoms with van der Waals surface area (Å²) in [7, 11) is 0. The van der Waals surface area contributed by atoms with Crippen LogP contribution in [0.3, 0.4) is 0 Å². The Hall–Kier alpha value is -1.46. The van der Waals surface area contributed by atoms with E-state index in [1.807, 2.05) is 23.6 Å². The number of aromatic nitrogens is 3. The van der Waals surface area contributed by atoms with Gasteiger partial charge in [-0.15, -0.1) is 11.6 Å². The molecule has 2 aromatic heterocycles. The summed E-state index contributed by atoms with van der Waals surface area (Å²) >= 11 is 9.38. The van der Waals surface area contributed by atoms with E-state index in [4.69, 9.17) is 11.6 Å². The third-order valence-corrected chi connectivity index (χ3v) is 4.10. The molecule has 0 bridgehead atoms. The second-order valence-corrected chi connectivity index (χ2v) is 5.91. The lowest BCUT2D eigenvalue weighted by molar-refractivity contribution is 0.554. The van der Waals surface area contributed by atoms with Gasteiger partial charge in [-0.05, 0) is 35.0 Å². The number of fused-ring (bicyclic) bond motifs is 1. The van der Waals surface area contributed by atoms with Crippen LogP contribution in [0.5, 0.6) is 0 Å².